The fourth-order valence-corrected chi connectivity index (χ4v) is 4.02. The Morgan fingerprint density at radius 3 is 2.63 bits per heavy atom. The second-order valence-corrected chi connectivity index (χ2v) is 7.14. The fourth-order valence-electron chi connectivity index (χ4n) is 4.02. The van der Waals surface area contributed by atoms with Crippen LogP contribution in [0.2, 0.25) is 0 Å². The largest absolute Gasteiger partial charge is 0.497 e. The Morgan fingerprint density at radius 1 is 1.19 bits per heavy atom. The van der Waals surface area contributed by atoms with Gasteiger partial charge in [0.05, 0.1) is 19.4 Å². The van der Waals surface area contributed by atoms with Gasteiger partial charge in [-0.25, -0.2) is 4.98 Å². The summed E-state index contributed by atoms with van der Waals surface area (Å²) >= 11 is 0. The molecule has 0 amide bonds. The molecule has 2 aromatic heterocycles. The van der Waals surface area contributed by atoms with Crippen LogP contribution >= 0.6 is 0 Å². The van der Waals surface area contributed by atoms with Crippen molar-refractivity contribution in [2.45, 2.75) is 32.6 Å². The van der Waals surface area contributed by atoms with Crippen molar-refractivity contribution >= 4 is 11.5 Å². The van der Waals surface area contributed by atoms with Crippen molar-refractivity contribution in [1.82, 2.24) is 14.6 Å². The standard InChI is InChI=1S/C21H26N4O2/c1-14-19(15-8-10-16(27-3)11-9-15)20-22-18-7-5-4-6-17(18)21(25(20)23-14)24(2)12-13-26/h8-11,26H,4-7,12-13H2,1-3H3. The summed E-state index contributed by atoms with van der Waals surface area (Å²) in [7, 11) is 3.69. The highest BCUT2D eigenvalue weighted by Gasteiger charge is 2.24. The van der Waals surface area contributed by atoms with Crippen molar-refractivity contribution in [3.8, 4) is 16.9 Å². The molecular formula is C21H26N4O2. The number of benzene rings is 1. The van der Waals surface area contributed by atoms with Gasteiger partial charge in [0, 0.05) is 30.4 Å². The molecule has 27 heavy (non-hydrogen) atoms. The van der Waals surface area contributed by atoms with Gasteiger partial charge < -0.3 is 14.7 Å². The number of hydrogen-bond donors (Lipinski definition) is 1. The molecule has 1 aliphatic rings. The zero-order valence-electron chi connectivity index (χ0n) is 16.2. The third-order valence-corrected chi connectivity index (χ3v) is 5.36. The smallest absolute Gasteiger partial charge is 0.165 e. The monoisotopic (exact) mass is 366 g/mol. The molecule has 0 spiro atoms. The SMILES string of the molecule is COc1ccc(-c2c(C)nn3c(N(C)CCO)c4c(nc23)CCCC4)cc1. The lowest BCUT2D eigenvalue weighted by Crippen LogP contribution is -2.27. The molecule has 4 rings (SSSR count). The Kier molecular flexibility index (Phi) is 4.74. The number of methoxy groups -OCH3 is 1. The Balaban J connectivity index is 1.96. The molecule has 1 aliphatic carbocycles. The molecule has 0 saturated carbocycles. The maximum atomic E-state index is 9.46. The average Bonchev–Trinajstić information content (AvgIpc) is 3.01. The van der Waals surface area contributed by atoms with Crippen LogP contribution < -0.4 is 9.64 Å². The van der Waals surface area contributed by atoms with Gasteiger partial charge in [-0.2, -0.15) is 9.61 Å². The first-order chi connectivity index (χ1) is 13.1. The lowest BCUT2D eigenvalue weighted by atomic mass is 9.96. The molecule has 6 heteroatoms. The van der Waals surface area contributed by atoms with Crippen LogP contribution in [-0.2, 0) is 12.8 Å². The molecule has 6 nitrogen and oxygen atoms in total. The van der Waals surface area contributed by atoms with Crippen molar-refractivity contribution in [1.29, 1.82) is 0 Å². The van der Waals surface area contributed by atoms with Crippen LogP contribution in [0, 0.1) is 6.92 Å². The van der Waals surface area contributed by atoms with Gasteiger partial charge in [-0.3, -0.25) is 0 Å². The predicted molar refractivity (Wildman–Crippen MR) is 107 cm³/mol. The zero-order valence-corrected chi connectivity index (χ0v) is 16.2. The van der Waals surface area contributed by atoms with Gasteiger partial charge in [0.2, 0.25) is 0 Å². The van der Waals surface area contributed by atoms with E-state index in [0.717, 1.165) is 46.9 Å². The van der Waals surface area contributed by atoms with Crippen molar-refractivity contribution in [2.75, 3.05) is 32.2 Å². The van der Waals surface area contributed by atoms with Gasteiger partial charge in [-0.05, 0) is 50.3 Å². The van der Waals surface area contributed by atoms with Crippen LogP contribution in [0.3, 0.4) is 0 Å². The van der Waals surface area contributed by atoms with Crippen LogP contribution in [0.25, 0.3) is 16.8 Å². The number of anilines is 1. The summed E-state index contributed by atoms with van der Waals surface area (Å²) < 4.78 is 7.26. The number of ether oxygens (including phenoxy) is 1. The van der Waals surface area contributed by atoms with Gasteiger partial charge >= 0.3 is 0 Å². The first-order valence-corrected chi connectivity index (χ1v) is 9.51. The Bertz CT molecular complexity index is 963. The molecule has 0 saturated heterocycles. The van der Waals surface area contributed by atoms with E-state index in [9.17, 15) is 5.11 Å². The van der Waals surface area contributed by atoms with E-state index in [4.69, 9.17) is 14.8 Å². The third kappa shape index (κ3) is 3.04. The Labute approximate surface area is 159 Å². The van der Waals surface area contributed by atoms with Gasteiger partial charge in [0.1, 0.15) is 11.6 Å². The summed E-state index contributed by atoms with van der Waals surface area (Å²) in [5.74, 6) is 1.90. The van der Waals surface area contributed by atoms with Crippen LogP contribution in [0.1, 0.15) is 29.8 Å². The van der Waals surface area contributed by atoms with Crippen LogP contribution in [0.4, 0.5) is 5.82 Å². The lowest BCUT2D eigenvalue weighted by Gasteiger charge is -2.26. The van der Waals surface area contributed by atoms with Gasteiger partial charge in [0.15, 0.2) is 5.65 Å². The molecule has 1 N–H and O–H groups in total. The topological polar surface area (TPSA) is 62.9 Å². The fraction of sp³-hybridized carbons (Fsp3) is 0.429. The Morgan fingerprint density at radius 2 is 1.93 bits per heavy atom. The molecule has 3 aromatic rings. The van der Waals surface area contributed by atoms with E-state index in [2.05, 4.69) is 17.0 Å². The van der Waals surface area contributed by atoms with Gasteiger partial charge in [-0.1, -0.05) is 12.1 Å². The number of rotatable bonds is 5. The van der Waals surface area contributed by atoms with Crippen LogP contribution in [0.5, 0.6) is 5.75 Å². The molecule has 0 bridgehead atoms. The van der Waals surface area contributed by atoms with E-state index in [1.54, 1.807) is 7.11 Å². The van der Waals surface area contributed by atoms with E-state index in [1.807, 2.05) is 30.6 Å². The maximum Gasteiger partial charge on any atom is 0.165 e. The second kappa shape index (κ2) is 7.19. The molecule has 2 heterocycles. The molecule has 142 valence electrons. The highest BCUT2D eigenvalue weighted by molar-refractivity contribution is 5.81. The Hall–Kier alpha value is -2.60. The van der Waals surface area contributed by atoms with Gasteiger partial charge in [0.25, 0.3) is 0 Å². The van der Waals surface area contributed by atoms with Crippen molar-refractivity contribution in [3.05, 3.63) is 41.2 Å². The average molecular weight is 366 g/mol. The molecule has 0 radical (unpaired) electrons. The maximum absolute atomic E-state index is 9.46. The first-order valence-electron chi connectivity index (χ1n) is 9.51. The summed E-state index contributed by atoms with van der Waals surface area (Å²) in [5.41, 5.74) is 6.43. The molecule has 0 unspecified atom stereocenters. The third-order valence-electron chi connectivity index (χ3n) is 5.36. The number of nitrogens with zero attached hydrogens (tertiary/aromatic N) is 4. The number of likely N-dealkylation sites (N-methyl/N-ethyl adjacent to an activating group) is 1. The molecular weight excluding hydrogens is 340 g/mol. The van der Waals surface area contributed by atoms with Crippen molar-refractivity contribution in [2.24, 2.45) is 0 Å². The molecule has 0 aliphatic heterocycles. The minimum atomic E-state index is 0.112. The number of aryl methyl sites for hydroxylation is 2. The summed E-state index contributed by atoms with van der Waals surface area (Å²) in [4.78, 5) is 7.14. The minimum absolute atomic E-state index is 0.112. The predicted octanol–water partition coefficient (Wildman–Crippen LogP) is 3.02. The number of aromatic nitrogens is 3. The summed E-state index contributed by atoms with van der Waals surface area (Å²) in [6.07, 6.45) is 4.36. The number of fused-ring (bicyclic) bond motifs is 2. The van der Waals surface area contributed by atoms with E-state index < -0.39 is 0 Å². The second-order valence-electron chi connectivity index (χ2n) is 7.14. The normalized spacial score (nSPS) is 13.6. The molecule has 0 fully saturated rings. The molecule has 1 aromatic carbocycles. The number of hydrogen-bond acceptors (Lipinski definition) is 5. The van der Waals surface area contributed by atoms with Crippen molar-refractivity contribution < 1.29 is 9.84 Å². The lowest BCUT2D eigenvalue weighted by molar-refractivity contribution is 0.303. The van der Waals surface area contributed by atoms with E-state index >= 15 is 0 Å². The first kappa shape index (κ1) is 17.8. The van der Waals surface area contributed by atoms with Gasteiger partial charge in [-0.15, -0.1) is 0 Å². The number of aliphatic hydroxyl groups is 1. The highest BCUT2D eigenvalue weighted by atomic mass is 16.5. The molecule has 0 atom stereocenters. The summed E-state index contributed by atoms with van der Waals surface area (Å²) in [6.45, 7) is 2.71. The van der Waals surface area contributed by atoms with Crippen LogP contribution in [0.15, 0.2) is 24.3 Å². The van der Waals surface area contributed by atoms with Crippen molar-refractivity contribution in [3.63, 3.8) is 0 Å². The van der Waals surface area contributed by atoms with E-state index in [0.29, 0.717) is 6.54 Å². The summed E-state index contributed by atoms with van der Waals surface area (Å²) in [6, 6.07) is 8.05. The van der Waals surface area contributed by atoms with Crippen LogP contribution in [-0.4, -0.2) is 47.0 Å². The zero-order chi connectivity index (χ0) is 19.0. The quantitative estimate of drug-likeness (QED) is 0.752. The van der Waals surface area contributed by atoms with E-state index in [-0.39, 0.29) is 6.61 Å². The highest BCUT2D eigenvalue weighted by Crippen LogP contribution is 2.35. The summed E-state index contributed by atoms with van der Waals surface area (Å²) in [5, 5.41) is 14.3. The van der Waals surface area contributed by atoms with E-state index in [1.165, 1.54) is 24.1 Å². The minimum Gasteiger partial charge on any atom is -0.497 e. The number of aliphatic hydroxyl groups excluding tert-OH is 1.